The van der Waals surface area contributed by atoms with Gasteiger partial charge in [-0.25, -0.2) is 8.42 Å². The fraction of sp³-hybridized carbons (Fsp3) is 0.818. The summed E-state index contributed by atoms with van der Waals surface area (Å²) in [4.78, 5) is 21.9. The van der Waals surface area contributed by atoms with Crippen molar-refractivity contribution < 1.29 is 27.5 Å². The Morgan fingerprint density at radius 2 is 2.21 bits per heavy atom. The SMILES string of the molecule is CCOC(=O)[C@]1(N)CS(=O)(=O)[C@H]2[C@H](CCOC=O)[C@H]21. The van der Waals surface area contributed by atoms with Crippen LogP contribution in [0.1, 0.15) is 13.3 Å². The van der Waals surface area contributed by atoms with Crippen LogP contribution in [0.15, 0.2) is 0 Å². The molecule has 0 aromatic heterocycles. The van der Waals surface area contributed by atoms with Gasteiger partial charge in [-0.2, -0.15) is 0 Å². The minimum absolute atomic E-state index is 0.135. The number of rotatable bonds is 6. The van der Waals surface area contributed by atoms with Gasteiger partial charge in [-0.05, 0) is 19.3 Å². The lowest BCUT2D eigenvalue weighted by Gasteiger charge is -2.23. The van der Waals surface area contributed by atoms with Crippen molar-refractivity contribution in [2.24, 2.45) is 17.6 Å². The van der Waals surface area contributed by atoms with Crippen LogP contribution >= 0.6 is 0 Å². The lowest BCUT2D eigenvalue weighted by atomic mass is 9.95. The molecule has 0 radical (unpaired) electrons. The Labute approximate surface area is 111 Å². The molecule has 1 aliphatic heterocycles. The number of carbonyl (C=O) groups excluding carboxylic acids is 2. The predicted octanol–water partition coefficient (Wildman–Crippen LogP) is -1.15. The minimum Gasteiger partial charge on any atom is -0.468 e. The fourth-order valence-electron chi connectivity index (χ4n) is 3.09. The van der Waals surface area contributed by atoms with Gasteiger partial charge in [-0.1, -0.05) is 0 Å². The van der Waals surface area contributed by atoms with Crippen LogP contribution in [-0.2, 0) is 28.9 Å². The Morgan fingerprint density at radius 1 is 1.53 bits per heavy atom. The third-order valence-electron chi connectivity index (χ3n) is 3.84. The first kappa shape index (κ1) is 14.3. The number of nitrogens with two attached hydrogens (primary N) is 1. The summed E-state index contributed by atoms with van der Waals surface area (Å²) in [5.74, 6) is -1.68. The Bertz CT molecular complexity index is 489. The first-order valence-corrected chi connectivity index (χ1v) is 7.83. The summed E-state index contributed by atoms with van der Waals surface area (Å²) in [5.41, 5.74) is 4.53. The van der Waals surface area contributed by atoms with E-state index in [-0.39, 0.29) is 24.9 Å². The van der Waals surface area contributed by atoms with Gasteiger partial charge in [0.1, 0.15) is 5.54 Å². The highest BCUT2D eigenvalue weighted by molar-refractivity contribution is 7.92. The molecule has 0 spiro atoms. The molecule has 2 fully saturated rings. The van der Waals surface area contributed by atoms with Gasteiger partial charge in [0, 0.05) is 5.92 Å². The molecule has 0 amide bonds. The summed E-state index contributed by atoms with van der Waals surface area (Å²) in [7, 11) is -3.38. The van der Waals surface area contributed by atoms with Crippen LogP contribution in [0.3, 0.4) is 0 Å². The van der Waals surface area contributed by atoms with Crippen molar-refractivity contribution in [3.8, 4) is 0 Å². The van der Waals surface area contributed by atoms with E-state index in [4.69, 9.17) is 10.5 Å². The number of sulfone groups is 1. The normalized spacial score (nSPS) is 38.3. The summed E-state index contributed by atoms with van der Waals surface area (Å²) in [5, 5.41) is -0.600. The average molecular weight is 291 g/mol. The third kappa shape index (κ3) is 2.23. The second-order valence-corrected chi connectivity index (χ2v) is 7.14. The minimum atomic E-state index is -3.38. The summed E-state index contributed by atoms with van der Waals surface area (Å²) < 4.78 is 33.4. The molecule has 1 saturated carbocycles. The van der Waals surface area contributed by atoms with Crippen LogP contribution in [0.5, 0.6) is 0 Å². The van der Waals surface area contributed by atoms with Gasteiger partial charge in [0.25, 0.3) is 6.47 Å². The molecule has 19 heavy (non-hydrogen) atoms. The van der Waals surface area contributed by atoms with Crippen LogP contribution in [0.2, 0.25) is 0 Å². The summed E-state index contributed by atoms with van der Waals surface area (Å²) >= 11 is 0. The van der Waals surface area contributed by atoms with E-state index < -0.39 is 32.5 Å². The number of esters is 1. The zero-order chi connectivity index (χ0) is 14.3. The maximum Gasteiger partial charge on any atom is 0.327 e. The van der Waals surface area contributed by atoms with Gasteiger partial charge in [0.15, 0.2) is 9.84 Å². The number of hydrogen-bond acceptors (Lipinski definition) is 7. The molecule has 8 heteroatoms. The van der Waals surface area contributed by atoms with E-state index in [2.05, 4.69) is 4.74 Å². The number of carbonyl (C=O) groups is 2. The molecule has 2 aliphatic rings. The van der Waals surface area contributed by atoms with E-state index in [9.17, 15) is 18.0 Å². The fourth-order valence-corrected chi connectivity index (χ4v) is 5.90. The largest absolute Gasteiger partial charge is 0.468 e. The van der Waals surface area contributed by atoms with Gasteiger partial charge in [0.2, 0.25) is 0 Å². The van der Waals surface area contributed by atoms with E-state index in [1.165, 1.54) is 0 Å². The smallest absolute Gasteiger partial charge is 0.327 e. The van der Waals surface area contributed by atoms with Crippen LogP contribution in [0, 0.1) is 11.8 Å². The molecule has 108 valence electrons. The van der Waals surface area contributed by atoms with E-state index in [0.717, 1.165) is 0 Å². The van der Waals surface area contributed by atoms with Crippen molar-refractivity contribution in [3.05, 3.63) is 0 Å². The Kier molecular flexibility index (Phi) is 3.57. The van der Waals surface area contributed by atoms with E-state index in [1.54, 1.807) is 6.92 Å². The average Bonchev–Trinajstić information content (AvgIpc) is 2.99. The van der Waals surface area contributed by atoms with Crippen molar-refractivity contribution in [1.29, 1.82) is 0 Å². The topological polar surface area (TPSA) is 113 Å². The van der Waals surface area contributed by atoms with Crippen LogP contribution in [-0.4, -0.2) is 50.6 Å². The second-order valence-electron chi connectivity index (χ2n) is 4.98. The van der Waals surface area contributed by atoms with Gasteiger partial charge in [-0.3, -0.25) is 9.59 Å². The standard InChI is InChI=1S/C11H17NO6S/c1-2-18-10(14)11(12)5-19(15,16)9-7(8(9)11)3-4-17-6-13/h6-9H,2-5,12H2,1H3/t7-,8-,9+,11+/m1/s1. The van der Waals surface area contributed by atoms with E-state index in [0.29, 0.717) is 12.9 Å². The van der Waals surface area contributed by atoms with Crippen molar-refractivity contribution in [3.63, 3.8) is 0 Å². The highest BCUT2D eigenvalue weighted by Crippen LogP contribution is 2.58. The van der Waals surface area contributed by atoms with Gasteiger partial charge >= 0.3 is 5.97 Å². The van der Waals surface area contributed by atoms with Gasteiger partial charge < -0.3 is 15.2 Å². The highest BCUT2D eigenvalue weighted by atomic mass is 32.2. The molecule has 0 unspecified atom stereocenters. The highest BCUT2D eigenvalue weighted by Gasteiger charge is 2.74. The summed E-state index contributed by atoms with van der Waals surface area (Å²) in [6, 6.07) is 0. The zero-order valence-electron chi connectivity index (χ0n) is 10.6. The maximum atomic E-state index is 12.0. The molecular formula is C11H17NO6S. The van der Waals surface area contributed by atoms with Gasteiger partial charge in [0.05, 0.1) is 24.2 Å². The van der Waals surface area contributed by atoms with Gasteiger partial charge in [-0.15, -0.1) is 0 Å². The van der Waals surface area contributed by atoms with Crippen molar-refractivity contribution >= 4 is 22.3 Å². The van der Waals surface area contributed by atoms with Crippen molar-refractivity contribution in [2.45, 2.75) is 24.1 Å². The molecular weight excluding hydrogens is 274 g/mol. The molecule has 4 atom stereocenters. The number of fused-ring (bicyclic) bond motifs is 1. The third-order valence-corrected chi connectivity index (χ3v) is 6.19. The summed E-state index contributed by atoms with van der Waals surface area (Å²) in [6.45, 7) is 2.25. The quantitative estimate of drug-likeness (QED) is 0.373. The number of ether oxygens (including phenoxy) is 2. The van der Waals surface area contributed by atoms with Crippen molar-refractivity contribution in [2.75, 3.05) is 19.0 Å². The molecule has 1 aliphatic carbocycles. The molecule has 7 nitrogen and oxygen atoms in total. The lowest BCUT2D eigenvalue weighted by Crippen LogP contribution is -2.54. The molecule has 2 N–H and O–H groups in total. The Hall–Kier alpha value is -1.15. The predicted molar refractivity (Wildman–Crippen MR) is 64.7 cm³/mol. The second kappa shape index (κ2) is 4.75. The van der Waals surface area contributed by atoms with E-state index >= 15 is 0 Å². The Balaban J connectivity index is 2.12. The number of hydrogen-bond donors (Lipinski definition) is 1. The molecule has 2 rings (SSSR count). The maximum absolute atomic E-state index is 12.0. The molecule has 0 aromatic carbocycles. The monoisotopic (exact) mass is 291 g/mol. The lowest BCUT2D eigenvalue weighted by molar-refractivity contribution is -0.149. The van der Waals surface area contributed by atoms with Crippen LogP contribution in [0.4, 0.5) is 0 Å². The Morgan fingerprint density at radius 3 is 2.79 bits per heavy atom. The zero-order valence-corrected chi connectivity index (χ0v) is 11.4. The van der Waals surface area contributed by atoms with Crippen molar-refractivity contribution in [1.82, 2.24) is 0 Å². The summed E-state index contributed by atoms with van der Waals surface area (Å²) in [6.07, 6.45) is 0.395. The molecule has 1 heterocycles. The van der Waals surface area contributed by atoms with E-state index in [1.807, 2.05) is 0 Å². The molecule has 1 saturated heterocycles. The first-order valence-electron chi connectivity index (χ1n) is 6.11. The van der Waals surface area contributed by atoms with Crippen LogP contribution in [0.25, 0.3) is 0 Å². The molecule has 0 aromatic rings. The first-order chi connectivity index (χ1) is 8.88. The molecule has 0 bridgehead atoms. The van der Waals surface area contributed by atoms with Crippen LogP contribution < -0.4 is 5.73 Å².